The summed E-state index contributed by atoms with van der Waals surface area (Å²) in [5.74, 6) is 2.04. The molecule has 2 unspecified atom stereocenters. The summed E-state index contributed by atoms with van der Waals surface area (Å²) in [4.78, 5) is 0. The molecular weight excluding hydrogens is 176 g/mol. The van der Waals surface area contributed by atoms with E-state index >= 15 is 0 Å². The van der Waals surface area contributed by atoms with Crippen molar-refractivity contribution in [3.8, 4) is 0 Å². The van der Waals surface area contributed by atoms with Crippen LogP contribution in [0.3, 0.4) is 0 Å². The van der Waals surface area contributed by atoms with Gasteiger partial charge in [0.1, 0.15) is 0 Å². The van der Waals surface area contributed by atoms with Gasteiger partial charge in [-0.25, -0.2) is 0 Å². The van der Waals surface area contributed by atoms with E-state index < -0.39 is 0 Å². The van der Waals surface area contributed by atoms with E-state index in [2.05, 4.69) is 22.9 Å². The van der Waals surface area contributed by atoms with Crippen LogP contribution in [0.1, 0.15) is 32.6 Å². The minimum Gasteiger partial charge on any atom is -0.0925 e. The highest BCUT2D eigenvalue weighted by Crippen LogP contribution is 2.33. The van der Waals surface area contributed by atoms with E-state index in [9.17, 15) is 0 Å². The standard InChI is InChI=1S/C8H15Br/c1-2-7-3-4-8(5-7)6-9/h7-8H,2-6H2,1H3. The monoisotopic (exact) mass is 190 g/mol. The molecule has 0 amide bonds. The van der Waals surface area contributed by atoms with Gasteiger partial charge in [-0.05, 0) is 24.7 Å². The Hall–Kier alpha value is 0.480. The number of rotatable bonds is 2. The molecule has 0 aliphatic heterocycles. The molecule has 2 atom stereocenters. The first-order chi connectivity index (χ1) is 4.36. The lowest BCUT2D eigenvalue weighted by molar-refractivity contribution is 0.505. The number of hydrogen-bond acceptors (Lipinski definition) is 0. The van der Waals surface area contributed by atoms with Crippen molar-refractivity contribution in [3.05, 3.63) is 0 Å². The smallest absolute Gasteiger partial charge is 0.00597 e. The first-order valence-electron chi connectivity index (χ1n) is 3.92. The quantitative estimate of drug-likeness (QED) is 0.588. The highest BCUT2D eigenvalue weighted by atomic mass is 79.9. The zero-order chi connectivity index (χ0) is 6.69. The van der Waals surface area contributed by atoms with Crippen LogP contribution in [0.4, 0.5) is 0 Å². The van der Waals surface area contributed by atoms with Crippen molar-refractivity contribution in [2.45, 2.75) is 32.6 Å². The molecule has 1 aliphatic carbocycles. The van der Waals surface area contributed by atoms with Crippen LogP contribution in [-0.2, 0) is 0 Å². The summed E-state index contributed by atoms with van der Waals surface area (Å²) in [6, 6.07) is 0. The van der Waals surface area contributed by atoms with Crippen molar-refractivity contribution in [2.75, 3.05) is 5.33 Å². The predicted octanol–water partition coefficient (Wildman–Crippen LogP) is 3.21. The molecule has 1 rings (SSSR count). The van der Waals surface area contributed by atoms with Gasteiger partial charge in [0.15, 0.2) is 0 Å². The molecule has 0 heterocycles. The third-order valence-corrected chi connectivity index (χ3v) is 3.36. The van der Waals surface area contributed by atoms with Crippen molar-refractivity contribution < 1.29 is 0 Å². The molecule has 0 saturated heterocycles. The third-order valence-electron chi connectivity index (χ3n) is 2.45. The molecule has 0 radical (unpaired) electrons. The molecule has 0 N–H and O–H groups in total. The highest BCUT2D eigenvalue weighted by Gasteiger charge is 2.21. The van der Waals surface area contributed by atoms with Gasteiger partial charge < -0.3 is 0 Å². The molecule has 0 aromatic carbocycles. The Morgan fingerprint density at radius 1 is 1.33 bits per heavy atom. The van der Waals surface area contributed by atoms with Gasteiger partial charge >= 0.3 is 0 Å². The van der Waals surface area contributed by atoms with Gasteiger partial charge in [0, 0.05) is 5.33 Å². The van der Waals surface area contributed by atoms with Crippen molar-refractivity contribution in [2.24, 2.45) is 11.8 Å². The Bertz CT molecular complexity index is 70.6. The topological polar surface area (TPSA) is 0 Å². The summed E-state index contributed by atoms with van der Waals surface area (Å²) in [7, 11) is 0. The second-order valence-corrected chi connectivity index (χ2v) is 3.76. The molecule has 0 aromatic heterocycles. The van der Waals surface area contributed by atoms with Crippen LogP contribution in [0.2, 0.25) is 0 Å². The predicted molar refractivity (Wildman–Crippen MR) is 44.9 cm³/mol. The molecule has 1 saturated carbocycles. The van der Waals surface area contributed by atoms with E-state index in [1.54, 1.807) is 0 Å². The average Bonchev–Trinajstić information content (AvgIpc) is 2.34. The van der Waals surface area contributed by atoms with E-state index in [1.165, 1.54) is 31.0 Å². The number of alkyl halides is 1. The maximum absolute atomic E-state index is 3.53. The lowest BCUT2D eigenvalue weighted by atomic mass is 10.0. The normalized spacial score (nSPS) is 35.3. The average molecular weight is 191 g/mol. The van der Waals surface area contributed by atoms with Gasteiger partial charge in [0.05, 0.1) is 0 Å². The van der Waals surface area contributed by atoms with Gasteiger partial charge in [0.25, 0.3) is 0 Å². The van der Waals surface area contributed by atoms with Gasteiger partial charge in [0.2, 0.25) is 0 Å². The summed E-state index contributed by atoms with van der Waals surface area (Å²) in [5, 5.41) is 1.23. The summed E-state index contributed by atoms with van der Waals surface area (Å²) in [6.07, 6.45) is 5.81. The summed E-state index contributed by atoms with van der Waals surface area (Å²) in [5.41, 5.74) is 0. The molecule has 1 aliphatic rings. The lowest BCUT2D eigenvalue weighted by Crippen LogP contribution is -1.95. The molecule has 0 spiro atoms. The maximum atomic E-state index is 3.53. The van der Waals surface area contributed by atoms with Crippen molar-refractivity contribution >= 4 is 15.9 Å². The zero-order valence-electron chi connectivity index (χ0n) is 6.07. The zero-order valence-corrected chi connectivity index (χ0v) is 7.65. The summed E-state index contributed by atoms with van der Waals surface area (Å²) >= 11 is 3.53. The van der Waals surface area contributed by atoms with Gasteiger partial charge in [-0.3, -0.25) is 0 Å². The highest BCUT2D eigenvalue weighted by molar-refractivity contribution is 9.09. The van der Waals surface area contributed by atoms with E-state index in [-0.39, 0.29) is 0 Å². The fourth-order valence-electron chi connectivity index (χ4n) is 1.69. The van der Waals surface area contributed by atoms with Crippen LogP contribution in [0.25, 0.3) is 0 Å². The van der Waals surface area contributed by atoms with E-state index in [4.69, 9.17) is 0 Å². The Kier molecular flexibility index (Phi) is 3.03. The Labute approximate surface area is 66.2 Å². The Morgan fingerprint density at radius 3 is 2.33 bits per heavy atom. The fraction of sp³-hybridized carbons (Fsp3) is 1.00. The Balaban J connectivity index is 2.20. The molecule has 54 valence electrons. The van der Waals surface area contributed by atoms with E-state index in [0.29, 0.717) is 0 Å². The maximum Gasteiger partial charge on any atom is 0.00597 e. The molecule has 1 fully saturated rings. The summed E-state index contributed by atoms with van der Waals surface area (Å²) < 4.78 is 0. The summed E-state index contributed by atoms with van der Waals surface area (Å²) in [6.45, 7) is 2.31. The van der Waals surface area contributed by atoms with Gasteiger partial charge in [-0.1, -0.05) is 35.7 Å². The van der Waals surface area contributed by atoms with Gasteiger partial charge in [-0.15, -0.1) is 0 Å². The molecule has 0 bridgehead atoms. The number of halogens is 1. The van der Waals surface area contributed by atoms with Crippen LogP contribution in [0.15, 0.2) is 0 Å². The van der Waals surface area contributed by atoms with Crippen LogP contribution in [0, 0.1) is 11.8 Å². The molecule has 1 heteroatoms. The number of hydrogen-bond donors (Lipinski definition) is 0. The van der Waals surface area contributed by atoms with E-state index in [1.807, 2.05) is 0 Å². The van der Waals surface area contributed by atoms with Crippen LogP contribution < -0.4 is 0 Å². The van der Waals surface area contributed by atoms with Crippen molar-refractivity contribution in [1.29, 1.82) is 0 Å². The second-order valence-electron chi connectivity index (χ2n) is 3.11. The largest absolute Gasteiger partial charge is 0.0925 e. The van der Waals surface area contributed by atoms with Crippen LogP contribution in [-0.4, -0.2) is 5.33 Å². The van der Waals surface area contributed by atoms with Crippen LogP contribution >= 0.6 is 15.9 Å². The minimum atomic E-state index is 0.995. The molecular formula is C8H15Br. The fourth-order valence-corrected chi connectivity index (χ4v) is 2.28. The molecule has 0 nitrogen and oxygen atoms in total. The lowest BCUT2D eigenvalue weighted by Gasteiger charge is -2.04. The Morgan fingerprint density at radius 2 is 2.00 bits per heavy atom. The third kappa shape index (κ3) is 1.96. The second kappa shape index (κ2) is 3.60. The van der Waals surface area contributed by atoms with Crippen molar-refractivity contribution in [1.82, 2.24) is 0 Å². The van der Waals surface area contributed by atoms with E-state index in [0.717, 1.165) is 11.8 Å². The van der Waals surface area contributed by atoms with Gasteiger partial charge in [-0.2, -0.15) is 0 Å². The SMILES string of the molecule is CCC1CCC(CBr)C1. The van der Waals surface area contributed by atoms with Crippen LogP contribution in [0.5, 0.6) is 0 Å². The first kappa shape index (κ1) is 7.59. The minimum absolute atomic E-state index is 0.995. The first-order valence-corrected chi connectivity index (χ1v) is 5.05. The molecule has 0 aromatic rings. The van der Waals surface area contributed by atoms with Crippen molar-refractivity contribution in [3.63, 3.8) is 0 Å². The molecule has 9 heavy (non-hydrogen) atoms.